The van der Waals surface area contributed by atoms with Crippen molar-refractivity contribution in [2.75, 3.05) is 27.2 Å². The first-order chi connectivity index (χ1) is 6.68. The summed E-state index contributed by atoms with van der Waals surface area (Å²) in [6.45, 7) is 2.00. The van der Waals surface area contributed by atoms with Crippen molar-refractivity contribution in [2.45, 2.75) is 25.7 Å². The molecule has 1 aliphatic heterocycles. The standard InChI is InChI=1S/C11H20N2O/c1-12(2)11(14)13-7-9-5-3-4-6-10(9)8-13/h9-10H,3-8H2,1-2H3/t9-,10+. The van der Waals surface area contributed by atoms with Gasteiger partial charge in [-0.1, -0.05) is 12.8 Å². The molecule has 3 heteroatoms. The van der Waals surface area contributed by atoms with Crippen molar-refractivity contribution in [1.82, 2.24) is 9.80 Å². The largest absolute Gasteiger partial charge is 0.331 e. The highest BCUT2D eigenvalue weighted by atomic mass is 16.2. The predicted molar refractivity (Wildman–Crippen MR) is 56.1 cm³/mol. The van der Waals surface area contributed by atoms with Crippen molar-refractivity contribution >= 4 is 6.03 Å². The molecule has 0 N–H and O–H groups in total. The van der Waals surface area contributed by atoms with E-state index in [9.17, 15) is 4.79 Å². The maximum atomic E-state index is 11.7. The zero-order valence-electron chi connectivity index (χ0n) is 9.20. The summed E-state index contributed by atoms with van der Waals surface area (Å²) in [5, 5.41) is 0. The van der Waals surface area contributed by atoms with Gasteiger partial charge in [0.15, 0.2) is 0 Å². The lowest BCUT2D eigenvalue weighted by Gasteiger charge is -2.22. The number of likely N-dealkylation sites (tertiary alicyclic amines) is 1. The first-order valence-corrected chi connectivity index (χ1v) is 5.64. The number of urea groups is 1. The number of amides is 2. The van der Waals surface area contributed by atoms with E-state index in [1.807, 2.05) is 19.0 Å². The maximum absolute atomic E-state index is 11.7. The molecule has 1 aliphatic carbocycles. The van der Waals surface area contributed by atoms with Crippen LogP contribution in [-0.2, 0) is 0 Å². The van der Waals surface area contributed by atoms with E-state index in [1.165, 1.54) is 25.7 Å². The van der Waals surface area contributed by atoms with Crippen LogP contribution in [-0.4, -0.2) is 43.0 Å². The molecule has 0 spiro atoms. The first kappa shape index (κ1) is 9.81. The second-order valence-corrected chi connectivity index (χ2v) is 4.89. The normalized spacial score (nSPS) is 31.4. The zero-order chi connectivity index (χ0) is 10.1. The van der Waals surface area contributed by atoms with Crippen LogP contribution in [0.3, 0.4) is 0 Å². The number of nitrogens with zero attached hydrogens (tertiary/aromatic N) is 2. The second-order valence-electron chi connectivity index (χ2n) is 4.89. The molecule has 80 valence electrons. The van der Waals surface area contributed by atoms with E-state index < -0.39 is 0 Å². The van der Waals surface area contributed by atoms with E-state index in [2.05, 4.69) is 0 Å². The summed E-state index contributed by atoms with van der Waals surface area (Å²) in [7, 11) is 3.68. The van der Waals surface area contributed by atoms with E-state index in [4.69, 9.17) is 0 Å². The van der Waals surface area contributed by atoms with Gasteiger partial charge in [-0.2, -0.15) is 0 Å². The monoisotopic (exact) mass is 196 g/mol. The van der Waals surface area contributed by atoms with E-state index in [0.717, 1.165) is 24.9 Å². The molecule has 2 aliphatic rings. The molecule has 14 heavy (non-hydrogen) atoms. The molecule has 1 heterocycles. The van der Waals surface area contributed by atoms with Crippen LogP contribution in [0.5, 0.6) is 0 Å². The number of carbonyl (C=O) groups is 1. The van der Waals surface area contributed by atoms with Gasteiger partial charge >= 0.3 is 6.03 Å². The van der Waals surface area contributed by atoms with Crippen molar-refractivity contribution in [1.29, 1.82) is 0 Å². The molecule has 1 saturated heterocycles. The van der Waals surface area contributed by atoms with Crippen molar-refractivity contribution in [3.63, 3.8) is 0 Å². The number of fused-ring (bicyclic) bond motifs is 1. The number of rotatable bonds is 0. The summed E-state index contributed by atoms with van der Waals surface area (Å²) in [5.41, 5.74) is 0. The maximum Gasteiger partial charge on any atom is 0.319 e. The lowest BCUT2D eigenvalue weighted by molar-refractivity contribution is 0.179. The highest BCUT2D eigenvalue weighted by Crippen LogP contribution is 2.36. The van der Waals surface area contributed by atoms with Crippen LogP contribution in [0.2, 0.25) is 0 Å². The third kappa shape index (κ3) is 1.72. The minimum absolute atomic E-state index is 0.194. The molecule has 2 amide bonds. The molecule has 0 aromatic heterocycles. The highest BCUT2D eigenvalue weighted by molar-refractivity contribution is 5.74. The van der Waals surface area contributed by atoms with Crippen LogP contribution in [0, 0.1) is 11.8 Å². The third-order valence-electron chi connectivity index (χ3n) is 3.63. The smallest absolute Gasteiger partial charge is 0.319 e. The van der Waals surface area contributed by atoms with Crippen LogP contribution in [0.25, 0.3) is 0 Å². The summed E-state index contributed by atoms with van der Waals surface area (Å²) in [6, 6.07) is 0.194. The first-order valence-electron chi connectivity index (χ1n) is 5.64. The second kappa shape index (κ2) is 3.79. The Hall–Kier alpha value is -0.730. The SMILES string of the molecule is CN(C)C(=O)N1C[C@H]2CCCC[C@H]2C1. The Balaban J connectivity index is 1.95. The summed E-state index contributed by atoms with van der Waals surface area (Å²) in [6.07, 6.45) is 5.40. The molecule has 2 fully saturated rings. The predicted octanol–water partition coefficient (Wildman–Crippen LogP) is 1.79. The van der Waals surface area contributed by atoms with Gasteiger partial charge in [-0.15, -0.1) is 0 Å². The van der Waals surface area contributed by atoms with Gasteiger partial charge in [0.05, 0.1) is 0 Å². The average molecular weight is 196 g/mol. The third-order valence-corrected chi connectivity index (χ3v) is 3.63. The van der Waals surface area contributed by atoms with Crippen molar-refractivity contribution in [2.24, 2.45) is 11.8 Å². The van der Waals surface area contributed by atoms with E-state index >= 15 is 0 Å². The molecule has 0 bridgehead atoms. The summed E-state index contributed by atoms with van der Waals surface area (Å²) >= 11 is 0. The lowest BCUT2D eigenvalue weighted by Crippen LogP contribution is -2.37. The van der Waals surface area contributed by atoms with Crippen LogP contribution >= 0.6 is 0 Å². The molecular weight excluding hydrogens is 176 g/mol. The molecule has 0 unspecified atom stereocenters. The highest BCUT2D eigenvalue weighted by Gasteiger charge is 2.36. The Morgan fingerprint density at radius 2 is 1.64 bits per heavy atom. The molecule has 1 saturated carbocycles. The van der Waals surface area contributed by atoms with Crippen LogP contribution in [0.4, 0.5) is 4.79 Å². The van der Waals surface area contributed by atoms with E-state index in [-0.39, 0.29) is 6.03 Å². The van der Waals surface area contributed by atoms with Crippen LogP contribution in [0.15, 0.2) is 0 Å². The van der Waals surface area contributed by atoms with Crippen molar-refractivity contribution < 1.29 is 4.79 Å². The van der Waals surface area contributed by atoms with Crippen molar-refractivity contribution in [3.05, 3.63) is 0 Å². The molecule has 0 radical (unpaired) electrons. The topological polar surface area (TPSA) is 23.6 Å². The van der Waals surface area contributed by atoms with Gasteiger partial charge in [0.25, 0.3) is 0 Å². The van der Waals surface area contributed by atoms with Gasteiger partial charge in [0.1, 0.15) is 0 Å². The Kier molecular flexibility index (Phi) is 2.66. The minimum atomic E-state index is 0.194. The van der Waals surface area contributed by atoms with Gasteiger partial charge in [-0.25, -0.2) is 4.79 Å². The Bertz CT molecular complexity index is 213. The number of hydrogen-bond donors (Lipinski definition) is 0. The van der Waals surface area contributed by atoms with Gasteiger partial charge in [-0.3, -0.25) is 0 Å². The van der Waals surface area contributed by atoms with Gasteiger partial charge in [-0.05, 0) is 24.7 Å². The van der Waals surface area contributed by atoms with Gasteiger partial charge < -0.3 is 9.80 Å². The van der Waals surface area contributed by atoms with E-state index in [1.54, 1.807) is 4.90 Å². The number of hydrogen-bond acceptors (Lipinski definition) is 1. The summed E-state index contributed by atoms with van der Waals surface area (Å²) in [5.74, 6) is 1.60. The minimum Gasteiger partial charge on any atom is -0.331 e. The zero-order valence-corrected chi connectivity index (χ0v) is 9.20. The Labute approximate surface area is 86.1 Å². The van der Waals surface area contributed by atoms with Crippen molar-refractivity contribution in [3.8, 4) is 0 Å². The van der Waals surface area contributed by atoms with Gasteiger partial charge in [0.2, 0.25) is 0 Å². The lowest BCUT2D eigenvalue weighted by atomic mass is 9.82. The Morgan fingerprint density at radius 1 is 1.14 bits per heavy atom. The average Bonchev–Trinajstić information content (AvgIpc) is 2.59. The van der Waals surface area contributed by atoms with Crippen LogP contribution in [0.1, 0.15) is 25.7 Å². The summed E-state index contributed by atoms with van der Waals surface area (Å²) < 4.78 is 0. The molecule has 2 rings (SSSR count). The Morgan fingerprint density at radius 3 is 2.07 bits per heavy atom. The van der Waals surface area contributed by atoms with Gasteiger partial charge in [0, 0.05) is 27.2 Å². The summed E-state index contributed by atoms with van der Waals surface area (Å²) in [4.78, 5) is 15.5. The molecule has 0 aromatic rings. The molecule has 0 aromatic carbocycles. The van der Waals surface area contributed by atoms with Crippen LogP contribution < -0.4 is 0 Å². The number of carbonyl (C=O) groups excluding carboxylic acids is 1. The molecule has 3 nitrogen and oxygen atoms in total. The fraction of sp³-hybridized carbons (Fsp3) is 0.909. The fourth-order valence-electron chi connectivity index (χ4n) is 2.84. The quantitative estimate of drug-likeness (QED) is 0.579. The molecule has 2 atom stereocenters. The van der Waals surface area contributed by atoms with E-state index in [0.29, 0.717) is 0 Å². The fourth-order valence-corrected chi connectivity index (χ4v) is 2.84. The molecular formula is C11H20N2O.